The minimum Gasteiger partial charge on any atom is -0.479 e. The zero-order chi connectivity index (χ0) is 12.3. The van der Waals surface area contributed by atoms with Crippen LogP contribution in [0.5, 0.6) is 0 Å². The van der Waals surface area contributed by atoms with E-state index in [0.29, 0.717) is 12.8 Å². The Labute approximate surface area is 95.0 Å². The largest absolute Gasteiger partial charge is 0.479 e. The third-order valence-corrected chi connectivity index (χ3v) is 4.33. The fourth-order valence-electron chi connectivity index (χ4n) is 1.41. The van der Waals surface area contributed by atoms with Crippen molar-refractivity contribution in [3.05, 3.63) is 0 Å². The molecule has 0 aliphatic carbocycles. The van der Waals surface area contributed by atoms with Crippen LogP contribution < -0.4 is 4.72 Å². The van der Waals surface area contributed by atoms with Gasteiger partial charge in [0.1, 0.15) is 0 Å². The summed E-state index contributed by atoms with van der Waals surface area (Å²) in [7, 11) is -3.30. The first kappa shape index (κ1) is 13.4. The average Bonchev–Trinajstić information content (AvgIpc) is 2.63. The number of hydrogen-bond donors (Lipinski definition) is 2. The molecule has 7 heteroatoms. The van der Waals surface area contributed by atoms with Gasteiger partial charge in [-0.15, -0.1) is 0 Å². The number of carbonyl (C=O) groups is 1. The molecular formula is C9H17NO5S. The second-order valence-electron chi connectivity index (χ2n) is 4.10. The summed E-state index contributed by atoms with van der Waals surface area (Å²) in [6, 6.07) is 0. The quantitative estimate of drug-likeness (QED) is 0.714. The van der Waals surface area contributed by atoms with Gasteiger partial charge in [0.2, 0.25) is 10.0 Å². The molecule has 2 unspecified atom stereocenters. The molecule has 1 aliphatic rings. The first-order chi connectivity index (χ1) is 7.33. The molecule has 2 N–H and O–H groups in total. The first-order valence-corrected chi connectivity index (χ1v) is 6.74. The molecule has 1 heterocycles. The summed E-state index contributed by atoms with van der Waals surface area (Å²) in [5.74, 6) is -0.991. The lowest BCUT2D eigenvalue weighted by Crippen LogP contribution is -2.37. The Hall–Kier alpha value is -0.660. The number of carboxylic acid groups (broad SMARTS) is 1. The highest BCUT2D eigenvalue weighted by Crippen LogP contribution is 2.19. The maximum atomic E-state index is 11.4. The molecule has 16 heavy (non-hydrogen) atoms. The van der Waals surface area contributed by atoms with Gasteiger partial charge >= 0.3 is 5.97 Å². The fraction of sp³-hybridized carbons (Fsp3) is 0.889. The van der Waals surface area contributed by atoms with E-state index in [1.54, 1.807) is 13.8 Å². The standard InChI is InChI=1S/C9H17NO5S/c1-6(2)16(13,14)10-5-7-3-4-8(15-7)9(11)12/h6-8,10H,3-5H2,1-2H3,(H,11,12). The first-order valence-electron chi connectivity index (χ1n) is 5.19. The summed E-state index contributed by atoms with van der Waals surface area (Å²) in [5.41, 5.74) is 0. The summed E-state index contributed by atoms with van der Waals surface area (Å²) in [5, 5.41) is 8.19. The van der Waals surface area contributed by atoms with Crippen LogP contribution in [0.3, 0.4) is 0 Å². The van der Waals surface area contributed by atoms with Crippen LogP contribution in [0.25, 0.3) is 0 Å². The molecule has 0 aromatic heterocycles. The van der Waals surface area contributed by atoms with E-state index in [1.807, 2.05) is 0 Å². The van der Waals surface area contributed by atoms with E-state index in [4.69, 9.17) is 9.84 Å². The summed E-state index contributed by atoms with van der Waals surface area (Å²) in [6.45, 7) is 3.31. The Bertz CT molecular complexity index is 351. The summed E-state index contributed by atoms with van der Waals surface area (Å²) in [4.78, 5) is 10.6. The number of nitrogens with one attached hydrogen (secondary N) is 1. The van der Waals surface area contributed by atoms with Gasteiger partial charge in [0.25, 0.3) is 0 Å². The maximum Gasteiger partial charge on any atom is 0.332 e. The molecule has 0 aromatic carbocycles. The molecular weight excluding hydrogens is 234 g/mol. The summed E-state index contributed by atoms with van der Waals surface area (Å²) >= 11 is 0. The molecule has 0 radical (unpaired) electrons. The lowest BCUT2D eigenvalue weighted by molar-refractivity contribution is -0.149. The fourth-order valence-corrected chi connectivity index (χ4v) is 2.16. The minimum absolute atomic E-state index is 0.143. The lowest BCUT2D eigenvalue weighted by atomic mass is 10.2. The minimum atomic E-state index is -3.30. The van der Waals surface area contributed by atoms with Crippen LogP contribution in [-0.2, 0) is 19.6 Å². The van der Waals surface area contributed by atoms with Crippen LogP contribution in [0.15, 0.2) is 0 Å². The monoisotopic (exact) mass is 251 g/mol. The summed E-state index contributed by atoms with van der Waals surface area (Å²) in [6.07, 6.45) is -0.135. The molecule has 1 aliphatic heterocycles. The van der Waals surface area contributed by atoms with Gasteiger partial charge in [0.15, 0.2) is 6.10 Å². The molecule has 94 valence electrons. The molecule has 0 amide bonds. The van der Waals surface area contributed by atoms with Crippen LogP contribution in [0.2, 0.25) is 0 Å². The van der Waals surface area contributed by atoms with Crippen LogP contribution in [0.1, 0.15) is 26.7 Å². The second kappa shape index (κ2) is 5.11. The molecule has 0 aromatic rings. The number of hydrogen-bond acceptors (Lipinski definition) is 4. The van der Waals surface area contributed by atoms with Gasteiger partial charge in [0, 0.05) is 6.54 Å². The molecule has 2 atom stereocenters. The highest BCUT2D eigenvalue weighted by molar-refractivity contribution is 7.90. The number of ether oxygens (including phenoxy) is 1. The Morgan fingerprint density at radius 3 is 2.56 bits per heavy atom. The van der Waals surface area contributed by atoms with Crippen LogP contribution in [0.4, 0.5) is 0 Å². The average molecular weight is 251 g/mol. The Morgan fingerprint density at radius 2 is 2.12 bits per heavy atom. The van der Waals surface area contributed by atoms with Gasteiger partial charge in [-0.1, -0.05) is 0 Å². The van der Waals surface area contributed by atoms with Crippen molar-refractivity contribution in [3.63, 3.8) is 0 Å². The highest BCUT2D eigenvalue weighted by atomic mass is 32.2. The van der Waals surface area contributed by atoms with E-state index in [2.05, 4.69) is 4.72 Å². The van der Waals surface area contributed by atoms with Crippen molar-refractivity contribution in [1.29, 1.82) is 0 Å². The highest BCUT2D eigenvalue weighted by Gasteiger charge is 2.31. The van der Waals surface area contributed by atoms with Gasteiger partial charge in [0.05, 0.1) is 11.4 Å². The van der Waals surface area contributed by atoms with Gasteiger partial charge in [-0.3, -0.25) is 0 Å². The Kier molecular flexibility index (Phi) is 4.28. The van der Waals surface area contributed by atoms with Gasteiger partial charge in [-0.25, -0.2) is 17.9 Å². The van der Waals surface area contributed by atoms with E-state index >= 15 is 0 Å². The van der Waals surface area contributed by atoms with Crippen molar-refractivity contribution in [3.8, 4) is 0 Å². The van der Waals surface area contributed by atoms with Crippen molar-refractivity contribution in [1.82, 2.24) is 4.72 Å². The maximum absolute atomic E-state index is 11.4. The number of sulfonamides is 1. The molecule has 6 nitrogen and oxygen atoms in total. The lowest BCUT2D eigenvalue weighted by Gasteiger charge is -2.14. The van der Waals surface area contributed by atoms with Crippen molar-refractivity contribution in [2.75, 3.05) is 6.54 Å². The topological polar surface area (TPSA) is 92.7 Å². The Balaban J connectivity index is 2.39. The van der Waals surface area contributed by atoms with Crippen LogP contribution in [-0.4, -0.2) is 43.5 Å². The zero-order valence-electron chi connectivity index (χ0n) is 9.34. The summed E-state index contributed by atoms with van der Waals surface area (Å²) < 4.78 is 30.4. The molecule has 0 bridgehead atoms. The predicted molar refractivity (Wildman–Crippen MR) is 57.6 cm³/mol. The number of rotatable bonds is 5. The van der Waals surface area contributed by atoms with Crippen LogP contribution in [0, 0.1) is 0 Å². The van der Waals surface area contributed by atoms with E-state index < -0.39 is 27.3 Å². The van der Waals surface area contributed by atoms with Crippen molar-refractivity contribution < 1.29 is 23.1 Å². The van der Waals surface area contributed by atoms with Gasteiger partial charge < -0.3 is 9.84 Å². The molecule has 1 rings (SSSR count). The molecule has 0 saturated carbocycles. The second-order valence-corrected chi connectivity index (χ2v) is 6.43. The van der Waals surface area contributed by atoms with Crippen molar-refractivity contribution >= 4 is 16.0 Å². The van der Waals surface area contributed by atoms with E-state index in [0.717, 1.165) is 0 Å². The Morgan fingerprint density at radius 1 is 1.50 bits per heavy atom. The third kappa shape index (κ3) is 3.43. The van der Waals surface area contributed by atoms with Crippen molar-refractivity contribution in [2.45, 2.75) is 44.1 Å². The predicted octanol–water partition coefficient (Wildman–Crippen LogP) is -0.0536. The normalized spacial score (nSPS) is 26.2. The molecule has 1 fully saturated rings. The molecule has 0 spiro atoms. The van der Waals surface area contributed by atoms with Crippen molar-refractivity contribution in [2.24, 2.45) is 0 Å². The number of aliphatic carboxylic acids is 1. The smallest absolute Gasteiger partial charge is 0.332 e. The van der Waals surface area contributed by atoms with E-state index in [1.165, 1.54) is 0 Å². The van der Waals surface area contributed by atoms with Crippen LogP contribution >= 0.6 is 0 Å². The molecule has 1 saturated heterocycles. The zero-order valence-corrected chi connectivity index (χ0v) is 10.2. The number of carboxylic acids is 1. The SMILES string of the molecule is CC(C)S(=O)(=O)NCC1CCC(C(=O)O)O1. The van der Waals surface area contributed by atoms with Gasteiger partial charge in [-0.2, -0.15) is 0 Å². The van der Waals surface area contributed by atoms with E-state index in [-0.39, 0.29) is 12.6 Å². The third-order valence-electron chi connectivity index (χ3n) is 2.52. The van der Waals surface area contributed by atoms with E-state index in [9.17, 15) is 13.2 Å². The van der Waals surface area contributed by atoms with Gasteiger partial charge in [-0.05, 0) is 26.7 Å².